The minimum atomic E-state index is -0.675. The number of carbonyl (C=O) groups excluding carboxylic acids is 3. The largest absolute Gasteiger partial charge is 0.344 e. The number of nitrogens with zero attached hydrogens (tertiary/aromatic N) is 2. The van der Waals surface area contributed by atoms with Crippen molar-refractivity contribution in [3.05, 3.63) is 35.4 Å². The van der Waals surface area contributed by atoms with Gasteiger partial charge < -0.3 is 15.5 Å². The van der Waals surface area contributed by atoms with E-state index in [0.29, 0.717) is 42.9 Å². The molecule has 8 nitrogen and oxygen atoms in total. The Morgan fingerprint density at radius 3 is 2.30 bits per heavy atom. The van der Waals surface area contributed by atoms with Crippen LogP contribution in [0.1, 0.15) is 76.8 Å². The summed E-state index contributed by atoms with van der Waals surface area (Å²) < 4.78 is 0. The van der Waals surface area contributed by atoms with Crippen molar-refractivity contribution in [2.24, 2.45) is 17.3 Å². The molecule has 1 aliphatic carbocycles. The van der Waals surface area contributed by atoms with Crippen molar-refractivity contribution in [3.63, 3.8) is 0 Å². The highest BCUT2D eigenvalue weighted by Crippen LogP contribution is 2.31. The Kier molecular flexibility index (Phi) is 10.5. The van der Waals surface area contributed by atoms with Crippen LogP contribution in [-0.2, 0) is 20.9 Å². The second-order valence-corrected chi connectivity index (χ2v) is 12.1. The quantitative estimate of drug-likeness (QED) is 0.238. The van der Waals surface area contributed by atoms with Crippen molar-refractivity contribution < 1.29 is 19.6 Å². The molecular formula is C29H46N4O4. The molecule has 2 atom stereocenters. The normalized spacial score (nSPS) is 18.9. The summed E-state index contributed by atoms with van der Waals surface area (Å²) in [4.78, 5) is 39.9. The number of benzene rings is 1. The van der Waals surface area contributed by atoms with Gasteiger partial charge in [-0.15, -0.1) is 0 Å². The number of hydrogen-bond acceptors (Lipinski definition) is 5. The lowest BCUT2D eigenvalue weighted by Crippen LogP contribution is -2.58. The van der Waals surface area contributed by atoms with Gasteiger partial charge in [0.25, 0.3) is 0 Å². The second-order valence-electron chi connectivity index (χ2n) is 12.1. The number of carbonyl (C=O) groups is 3. The molecule has 1 aromatic carbocycles. The van der Waals surface area contributed by atoms with Gasteiger partial charge in [0.05, 0.1) is 12.5 Å². The van der Waals surface area contributed by atoms with E-state index in [1.165, 1.54) is 11.1 Å². The highest BCUT2D eigenvalue weighted by molar-refractivity contribution is 5.89. The Hall–Kier alpha value is -2.45. The second kappa shape index (κ2) is 13.4. The summed E-state index contributed by atoms with van der Waals surface area (Å²) in [7, 11) is 0. The summed E-state index contributed by atoms with van der Waals surface area (Å²) in [6.07, 6.45) is 7.09. The van der Waals surface area contributed by atoms with Crippen LogP contribution in [0.4, 0.5) is 0 Å². The van der Waals surface area contributed by atoms with Gasteiger partial charge in [0.2, 0.25) is 18.2 Å². The SMILES string of the molecule is Cc1ccc(CNC2CCN(C(=O)[C@@H](NC(=O)[C@H](CC3CCCC3)CN(O)C=O)C(C)(C)C)CC2)cc1. The molecule has 1 saturated heterocycles. The summed E-state index contributed by atoms with van der Waals surface area (Å²) in [6, 6.07) is 8.20. The molecule has 1 heterocycles. The van der Waals surface area contributed by atoms with Crippen molar-refractivity contribution in [2.75, 3.05) is 19.6 Å². The number of amides is 3. The van der Waals surface area contributed by atoms with Crippen LogP contribution in [0.25, 0.3) is 0 Å². The average Bonchev–Trinajstić information content (AvgIpc) is 3.38. The maximum Gasteiger partial charge on any atom is 0.245 e. The van der Waals surface area contributed by atoms with Crippen molar-refractivity contribution in [3.8, 4) is 0 Å². The van der Waals surface area contributed by atoms with E-state index in [2.05, 4.69) is 41.8 Å². The van der Waals surface area contributed by atoms with Gasteiger partial charge in [0, 0.05) is 25.7 Å². The van der Waals surface area contributed by atoms with Crippen LogP contribution in [0.5, 0.6) is 0 Å². The number of nitrogens with one attached hydrogen (secondary N) is 2. The average molecular weight is 515 g/mol. The number of hydroxylamine groups is 2. The fourth-order valence-electron chi connectivity index (χ4n) is 5.55. The van der Waals surface area contributed by atoms with E-state index in [1.807, 2.05) is 25.7 Å². The molecule has 2 aliphatic rings. The summed E-state index contributed by atoms with van der Waals surface area (Å²) in [5, 5.41) is 17.0. The third-order valence-corrected chi connectivity index (χ3v) is 7.91. The maximum atomic E-state index is 13.6. The Labute approximate surface area is 222 Å². The fraction of sp³-hybridized carbons (Fsp3) is 0.690. The molecule has 2 fully saturated rings. The van der Waals surface area contributed by atoms with Crippen molar-refractivity contribution in [1.82, 2.24) is 20.6 Å². The summed E-state index contributed by atoms with van der Waals surface area (Å²) in [6.45, 7) is 10.0. The zero-order valence-electron chi connectivity index (χ0n) is 23.0. The van der Waals surface area contributed by atoms with Crippen LogP contribution in [0.3, 0.4) is 0 Å². The molecule has 0 unspecified atom stereocenters. The van der Waals surface area contributed by atoms with E-state index in [9.17, 15) is 19.6 Å². The molecule has 3 N–H and O–H groups in total. The minimum absolute atomic E-state index is 0.0606. The van der Waals surface area contributed by atoms with Gasteiger partial charge in [0.1, 0.15) is 6.04 Å². The molecule has 0 bridgehead atoms. The summed E-state index contributed by atoms with van der Waals surface area (Å²) in [5.74, 6) is -0.469. The van der Waals surface area contributed by atoms with Gasteiger partial charge in [-0.25, -0.2) is 5.06 Å². The van der Waals surface area contributed by atoms with Crippen LogP contribution in [0, 0.1) is 24.2 Å². The first-order valence-corrected chi connectivity index (χ1v) is 13.9. The van der Waals surface area contributed by atoms with Crippen molar-refractivity contribution >= 4 is 18.2 Å². The molecule has 1 saturated carbocycles. The Balaban J connectivity index is 1.57. The monoisotopic (exact) mass is 514 g/mol. The molecule has 37 heavy (non-hydrogen) atoms. The molecule has 0 radical (unpaired) electrons. The van der Waals surface area contributed by atoms with E-state index in [4.69, 9.17) is 0 Å². The Morgan fingerprint density at radius 1 is 1.11 bits per heavy atom. The van der Waals surface area contributed by atoms with E-state index >= 15 is 0 Å². The van der Waals surface area contributed by atoms with Gasteiger partial charge in [-0.2, -0.15) is 0 Å². The van der Waals surface area contributed by atoms with E-state index in [1.54, 1.807) is 0 Å². The lowest BCUT2D eigenvalue weighted by Gasteiger charge is -2.39. The summed E-state index contributed by atoms with van der Waals surface area (Å²) in [5.41, 5.74) is 2.02. The number of aryl methyl sites for hydroxylation is 1. The highest BCUT2D eigenvalue weighted by Gasteiger charge is 2.38. The van der Waals surface area contributed by atoms with Crippen LogP contribution in [0.15, 0.2) is 24.3 Å². The minimum Gasteiger partial charge on any atom is -0.344 e. The first-order valence-electron chi connectivity index (χ1n) is 13.9. The topological polar surface area (TPSA) is 102 Å². The molecule has 0 spiro atoms. The number of hydrogen-bond donors (Lipinski definition) is 3. The fourth-order valence-corrected chi connectivity index (χ4v) is 5.55. The van der Waals surface area contributed by atoms with E-state index in [0.717, 1.165) is 45.1 Å². The maximum absolute atomic E-state index is 13.6. The molecule has 8 heteroatoms. The molecular weight excluding hydrogens is 468 g/mol. The third kappa shape index (κ3) is 8.82. The van der Waals surface area contributed by atoms with E-state index in [-0.39, 0.29) is 18.4 Å². The molecule has 0 aromatic heterocycles. The van der Waals surface area contributed by atoms with Gasteiger partial charge >= 0.3 is 0 Å². The van der Waals surface area contributed by atoms with Crippen LogP contribution in [-0.4, -0.2) is 65.1 Å². The van der Waals surface area contributed by atoms with Crippen molar-refractivity contribution in [2.45, 2.75) is 91.3 Å². The highest BCUT2D eigenvalue weighted by atomic mass is 16.5. The first-order chi connectivity index (χ1) is 17.6. The van der Waals surface area contributed by atoms with Gasteiger partial charge in [-0.05, 0) is 43.1 Å². The van der Waals surface area contributed by atoms with Crippen LogP contribution < -0.4 is 10.6 Å². The standard InChI is InChI=1S/C29H46N4O4/c1-21-9-11-23(12-10-21)18-30-25-13-15-32(16-14-25)28(36)26(29(2,3)4)31-27(35)24(19-33(37)20-34)17-22-7-5-6-8-22/h9-12,20,22,24-26,30,37H,5-8,13-19H2,1-4H3,(H,31,35)/t24-,26-/m1/s1. The summed E-state index contributed by atoms with van der Waals surface area (Å²) >= 11 is 0. The van der Waals surface area contributed by atoms with Crippen LogP contribution >= 0.6 is 0 Å². The number of rotatable bonds is 11. The van der Waals surface area contributed by atoms with Gasteiger partial charge in [-0.1, -0.05) is 76.3 Å². The zero-order valence-corrected chi connectivity index (χ0v) is 23.0. The number of piperidine rings is 1. The Bertz CT molecular complexity index is 884. The zero-order chi connectivity index (χ0) is 27.0. The van der Waals surface area contributed by atoms with Gasteiger partial charge in [0.15, 0.2) is 0 Å². The Morgan fingerprint density at radius 2 is 1.73 bits per heavy atom. The van der Waals surface area contributed by atoms with E-state index < -0.39 is 17.4 Å². The van der Waals surface area contributed by atoms with Gasteiger partial charge in [-0.3, -0.25) is 19.6 Å². The molecule has 1 aromatic rings. The predicted octanol–water partition coefficient (Wildman–Crippen LogP) is 3.65. The van der Waals surface area contributed by atoms with Crippen LogP contribution in [0.2, 0.25) is 0 Å². The predicted molar refractivity (Wildman–Crippen MR) is 144 cm³/mol. The molecule has 1 aliphatic heterocycles. The number of likely N-dealkylation sites (tertiary alicyclic amines) is 1. The lowest BCUT2D eigenvalue weighted by atomic mass is 9.84. The van der Waals surface area contributed by atoms with Crippen molar-refractivity contribution in [1.29, 1.82) is 0 Å². The smallest absolute Gasteiger partial charge is 0.245 e. The first kappa shape index (κ1) is 29.1. The lowest BCUT2D eigenvalue weighted by molar-refractivity contribution is -0.156. The molecule has 3 amide bonds. The third-order valence-electron chi connectivity index (χ3n) is 7.91. The molecule has 206 valence electrons. The molecule has 3 rings (SSSR count).